The Bertz CT molecular complexity index is 522. The van der Waals surface area contributed by atoms with Crippen molar-refractivity contribution in [2.24, 2.45) is 0 Å². The Morgan fingerprint density at radius 1 is 1.27 bits per heavy atom. The van der Waals surface area contributed by atoms with Gasteiger partial charge in [-0.3, -0.25) is 4.79 Å². The highest BCUT2D eigenvalue weighted by Crippen LogP contribution is 2.39. The number of nitrogens with zero attached hydrogens (tertiary/aromatic N) is 4. The van der Waals surface area contributed by atoms with Gasteiger partial charge in [0.15, 0.2) is 5.82 Å². The maximum Gasteiger partial charge on any atom is 0.233 e. The summed E-state index contributed by atoms with van der Waals surface area (Å²) in [6.07, 6.45) is 8.35. The van der Waals surface area contributed by atoms with Gasteiger partial charge in [0, 0.05) is 18.5 Å². The molecule has 1 aromatic heterocycles. The fourth-order valence-corrected chi connectivity index (χ4v) is 4.00. The zero-order valence-electron chi connectivity index (χ0n) is 13.2. The van der Waals surface area contributed by atoms with Gasteiger partial charge in [0.1, 0.15) is 0 Å². The molecule has 1 amide bonds. The first-order valence-corrected chi connectivity index (χ1v) is 9.32. The summed E-state index contributed by atoms with van der Waals surface area (Å²) < 4.78 is 1.56. The van der Waals surface area contributed by atoms with Gasteiger partial charge in [-0.2, -0.15) is 0 Å². The third-order valence-corrected chi connectivity index (χ3v) is 5.56. The second kappa shape index (κ2) is 6.89. The monoisotopic (exact) mass is 323 g/mol. The predicted molar refractivity (Wildman–Crippen MR) is 87.1 cm³/mol. The van der Waals surface area contributed by atoms with E-state index >= 15 is 0 Å². The van der Waals surface area contributed by atoms with E-state index in [0.717, 1.165) is 38.1 Å². The van der Waals surface area contributed by atoms with Crippen LogP contribution >= 0.6 is 11.8 Å². The molecular formula is C15H25N5OS. The molecule has 0 bridgehead atoms. The molecule has 6 nitrogen and oxygen atoms in total. The summed E-state index contributed by atoms with van der Waals surface area (Å²) in [6, 6.07) is 0.421. The van der Waals surface area contributed by atoms with Crippen LogP contribution in [-0.2, 0) is 4.79 Å². The van der Waals surface area contributed by atoms with Gasteiger partial charge in [-0.25, -0.2) is 4.68 Å². The highest BCUT2D eigenvalue weighted by atomic mass is 32.2. The molecule has 2 saturated carbocycles. The number of amides is 1. The Labute approximate surface area is 135 Å². The lowest BCUT2D eigenvalue weighted by molar-refractivity contribution is -0.131. The van der Waals surface area contributed by atoms with Crippen molar-refractivity contribution in [3.05, 3.63) is 5.82 Å². The van der Waals surface area contributed by atoms with Crippen LogP contribution in [-0.4, -0.2) is 44.0 Å². The first kappa shape index (κ1) is 15.6. The van der Waals surface area contributed by atoms with E-state index in [1.165, 1.54) is 31.0 Å². The largest absolute Gasteiger partial charge is 0.339 e. The Balaban J connectivity index is 1.56. The molecule has 2 aliphatic carbocycles. The van der Waals surface area contributed by atoms with Crippen LogP contribution in [0.25, 0.3) is 0 Å². The van der Waals surface area contributed by atoms with E-state index in [1.807, 2.05) is 4.90 Å². The van der Waals surface area contributed by atoms with Crippen molar-refractivity contribution in [2.75, 3.05) is 18.1 Å². The van der Waals surface area contributed by atoms with Gasteiger partial charge < -0.3 is 10.7 Å². The van der Waals surface area contributed by atoms with Gasteiger partial charge in [0.05, 0.1) is 5.75 Å². The van der Waals surface area contributed by atoms with E-state index in [-0.39, 0.29) is 5.91 Å². The molecule has 0 aliphatic heterocycles. The number of thioether (sulfide) groups is 1. The fourth-order valence-electron chi connectivity index (χ4n) is 3.25. The topological polar surface area (TPSA) is 77.0 Å². The van der Waals surface area contributed by atoms with Crippen molar-refractivity contribution in [3.8, 4) is 0 Å². The van der Waals surface area contributed by atoms with Crippen molar-refractivity contribution in [1.29, 1.82) is 0 Å². The van der Waals surface area contributed by atoms with Crippen molar-refractivity contribution in [1.82, 2.24) is 19.8 Å². The zero-order valence-corrected chi connectivity index (χ0v) is 14.0. The number of aromatic nitrogens is 3. The second-order valence-corrected chi connectivity index (χ2v) is 7.19. The lowest BCUT2D eigenvalue weighted by atomic mass is 9.94. The van der Waals surface area contributed by atoms with Crippen LogP contribution < -0.4 is 5.84 Å². The Morgan fingerprint density at radius 2 is 2.00 bits per heavy atom. The molecule has 7 heteroatoms. The zero-order chi connectivity index (χ0) is 15.5. The van der Waals surface area contributed by atoms with Crippen LogP contribution in [0, 0.1) is 0 Å². The van der Waals surface area contributed by atoms with Crippen LogP contribution in [0.5, 0.6) is 0 Å². The third-order valence-electron chi connectivity index (χ3n) is 4.63. The van der Waals surface area contributed by atoms with E-state index in [4.69, 9.17) is 5.84 Å². The molecule has 2 N–H and O–H groups in total. The van der Waals surface area contributed by atoms with Gasteiger partial charge in [-0.1, -0.05) is 31.0 Å². The molecule has 1 heterocycles. The molecule has 0 radical (unpaired) electrons. The highest BCUT2D eigenvalue weighted by molar-refractivity contribution is 7.99. The lowest BCUT2D eigenvalue weighted by Crippen LogP contribution is -2.42. The van der Waals surface area contributed by atoms with Gasteiger partial charge in [0.2, 0.25) is 11.1 Å². The molecule has 2 fully saturated rings. The predicted octanol–water partition coefficient (Wildman–Crippen LogP) is 2.14. The number of nitrogen functional groups attached to an aromatic ring is 1. The molecule has 1 aromatic rings. The summed E-state index contributed by atoms with van der Waals surface area (Å²) in [4.78, 5) is 14.6. The van der Waals surface area contributed by atoms with Crippen molar-refractivity contribution in [3.63, 3.8) is 0 Å². The van der Waals surface area contributed by atoms with Gasteiger partial charge >= 0.3 is 0 Å². The molecule has 0 aromatic carbocycles. The van der Waals surface area contributed by atoms with E-state index < -0.39 is 0 Å². The molecule has 122 valence electrons. The van der Waals surface area contributed by atoms with Crippen LogP contribution in [0.4, 0.5) is 0 Å². The number of carbonyl (C=O) groups excluding carboxylic acids is 1. The van der Waals surface area contributed by atoms with E-state index in [0.29, 0.717) is 22.9 Å². The van der Waals surface area contributed by atoms with Gasteiger partial charge in [-0.05, 0) is 32.6 Å². The smallest absolute Gasteiger partial charge is 0.233 e. The standard InChI is InChI=1S/C15H25N5OS/c1-2-19(12-6-4-3-5-7-12)13(21)10-22-15-18-17-14(20(15)16)11-8-9-11/h11-12H,2-10,16H2,1H3. The molecule has 22 heavy (non-hydrogen) atoms. The van der Waals surface area contributed by atoms with E-state index in [9.17, 15) is 4.79 Å². The Morgan fingerprint density at radius 3 is 2.64 bits per heavy atom. The second-order valence-electron chi connectivity index (χ2n) is 6.25. The van der Waals surface area contributed by atoms with Crippen LogP contribution in [0.15, 0.2) is 5.16 Å². The minimum atomic E-state index is 0.190. The third kappa shape index (κ3) is 3.39. The SMILES string of the molecule is CCN(C(=O)CSc1nnc(C2CC2)n1N)C1CCCCC1. The van der Waals surface area contributed by atoms with Crippen LogP contribution in [0.3, 0.4) is 0 Å². The van der Waals surface area contributed by atoms with E-state index in [1.54, 1.807) is 4.68 Å². The Hall–Kier alpha value is -1.24. The summed E-state index contributed by atoms with van der Waals surface area (Å²) in [7, 11) is 0. The molecule has 0 unspecified atom stereocenters. The average Bonchev–Trinajstić information content (AvgIpc) is 3.31. The quantitative estimate of drug-likeness (QED) is 0.641. The van der Waals surface area contributed by atoms with Crippen molar-refractivity contribution < 1.29 is 4.79 Å². The number of rotatable bonds is 6. The molecule has 0 saturated heterocycles. The minimum absolute atomic E-state index is 0.190. The summed E-state index contributed by atoms with van der Waals surface area (Å²) in [6.45, 7) is 2.85. The van der Waals surface area contributed by atoms with Gasteiger partial charge in [0.25, 0.3) is 0 Å². The maximum absolute atomic E-state index is 12.5. The number of hydrogen-bond acceptors (Lipinski definition) is 5. The molecule has 3 rings (SSSR count). The fraction of sp³-hybridized carbons (Fsp3) is 0.800. The van der Waals surface area contributed by atoms with Crippen molar-refractivity contribution >= 4 is 17.7 Å². The molecular weight excluding hydrogens is 298 g/mol. The number of nitrogens with two attached hydrogens (primary N) is 1. The summed E-state index contributed by atoms with van der Waals surface area (Å²) in [5.41, 5.74) is 0. The normalized spacial score (nSPS) is 19.3. The highest BCUT2D eigenvalue weighted by Gasteiger charge is 2.30. The summed E-state index contributed by atoms with van der Waals surface area (Å²) >= 11 is 1.40. The molecule has 2 aliphatic rings. The summed E-state index contributed by atoms with van der Waals surface area (Å²) in [5.74, 6) is 7.94. The summed E-state index contributed by atoms with van der Waals surface area (Å²) in [5, 5.41) is 8.93. The lowest BCUT2D eigenvalue weighted by Gasteiger charge is -2.33. The van der Waals surface area contributed by atoms with Crippen LogP contribution in [0.2, 0.25) is 0 Å². The first-order valence-electron chi connectivity index (χ1n) is 8.33. The molecule has 0 spiro atoms. The van der Waals surface area contributed by atoms with E-state index in [2.05, 4.69) is 17.1 Å². The average molecular weight is 323 g/mol. The van der Waals surface area contributed by atoms with Crippen LogP contribution in [0.1, 0.15) is 63.6 Å². The minimum Gasteiger partial charge on any atom is -0.339 e. The number of carbonyl (C=O) groups is 1. The number of hydrogen-bond donors (Lipinski definition) is 1. The maximum atomic E-state index is 12.5. The molecule has 0 atom stereocenters. The van der Waals surface area contributed by atoms with Gasteiger partial charge in [-0.15, -0.1) is 10.2 Å². The first-order chi connectivity index (χ1) is 10.7. The van der Waals surface area contributed by atoms with Crippen molar-refractivity contribution in [2.45, 2.75) is 69.0 Å². The Kier molecular flexibility index (Phi) is 4.90.